The fourth-order valence-corrected chi connectivity index (χ4v) is 1.21. The van der Waals surface area contributed by atoms with Crippen LogP contribution in [0.5, 0.6) is 0 Å². The number of hydrogen-bond donors (Lipinski definition) is 2. The van der Waals surface area contributed by atoms with Crippen molar-refractivity contribution in [3.63, 3.8) is 0 Å². The van der Waals surface area contributed by atoms with Crippen molar-refractivity contribution in [3.8, 4) is 0 Å². The summed E-state index contributed by atoms with van der Waals surface area (Å²) in [5.74, 6) is 0. The van der Waals surface area contributed by atoms with Gasteiger partial charge in [0.15, 0.2) is 0 Å². The molecule has 0 spiro atoms. The van der Waals surface area contributed by atoms with Crippen LogP contribution >= 0.6 is 0 Å². The molecular formula is C11H26N2O. The van der Waals surface area contributed by atoms with Gasteiger partial charge in [-0.25, -0.2) is 0 Å². The number of nitrogens with one attached hydrogen (secondary N) is 1. The van der Waals surface area contributed by atoms with Crippen LogP contribution < -0.4 is 5.32 Å². The summed E-state index contributed by atoms with van der Waals surface area (Å²) in [6.07, 6.45) is 4.56. The van der Waals surface area contributed by atoms with Crippen LogP contribution in [0, 0.1) is 0 Å². The highest BCUT2D eigenvalue weighted by molar-refractivity contribution is 4.62. The Morgan fingerprint density at radius 1 is 1.14 bits per heavy atom. The van der Waals surface area contributed by atoms with Gasteiger partial charge in [-0.15, -0.1) is 0 Å². The van der Waals surface area contributed by atoms with E-state index >= 15 is 0 Å². The molecule has 0 aliphatic carbocycles. The van der Waals surface area contributed by atoms with E-state index in [4.69, 9.17) is 5.11 Å². The van der Waals surface area contributed by atoms with Crippen LogP contribution in [0.4, 0.5) is 0 Å². The minimum atomic E-state index is 0.338. The highest BCUT2D eigenvalue weighted by Crippen LogP contribution is 1.97. The predicted molar refractivity (Wildman–Crippen MR) is 61.6 cm³/mol. The number of likely N-dealkylation sites (N-methyl/N-ethyl adjacent to an activating group) is 1. The molecular weight excluding hydrogens is 176 g/mol. The van der Waals surface area contributed by atoms with Crippen LogP contribution in [-0.4, -0.2) is 49.8 Å². The van der Waals surface area contributed by atoms with Crippen molar-refractivity contribution in [1.82, 2.24) is 10.2 Å². The molecule has 2 N–H and O–H groups in total. The average Bonchev–Trinajstić information content (AvgIpc) is 2.16. The normalized spacial score (nSPS) is 13.5. The molecule has 0 aromatic rings. The summed E-state index contributed by atoms with van der Waals surface area (Å²) >= 11 is 0. The summed E-state index contributed by atoms with van der Waals surface area (Å²) in [6.45, 7) is 4.72. The fourth-order valence-electron chi connectivity index (χ4n) is 1.21. The number of unbranched alkanes of at least 4 members (excludes halogenated alkanes) is 3. The van der Waals surface area contributed by atoms with Gasteiger partial charge in [0.05, 0.1) is 0 Å². The molecule has 0 aromatic heterocycles. The zero-order valence-corrected chi connectivity index (χ0v) is 9.92. The van der Waals surface area contributed by atoms with Gasteiger partial charge in [-0.05, 0) is 40.4 Å². The second-order valence-electron chi connectivity index (χ2n) is 4.15. The lowest BCUT2D eigenvalue weighted by Gasteiger charge is -2.19. The molecule has 0 fully saturated rings. The summed E-state index contributed by atoms with van der Waals surface area (Å²) in [4.78, 5) is 2.22. The fraction of sp³-hybridized carbons (Fsp3) is 1.00. The smallest absolute Gasteiger partial charge is 0.0431 e. The number of hydrogen-bond acceptors (Lipinski definition) is 3. The Morgan fingerprint density at radius 3 is 2.36 bits per heavy atom. The van der Waals surface area contributed by atoms with Crippen molar-refractivity contribution in [2.24, 2.45) is 0 Å². The lowest BCUT2D eigenvalue weighted by atomic mass is 10.2. The van der Waals surface area contributed by atoms with E-state index in [-0.39, 0.29) is 0 Å². The molecule has 0 saturated carbocycles. The second kappa shape index (κ2) is 9.44. The zero-order valence-electron chi connectivity index (χ0n) is 9.92. The zero-order chi connectivity index (χ0) is 10.8. The van der Waals surface area contributed by atoms with Gasteiger partial charge < -0.3 is 15.3 Å². The van der Waals surface area contributed by atoms with E-state index in [2.05, 4.69) is 31.2 Å². The largest absolute Gasteiger partial charge is 0.396 e. The van der Waals surface area contributed by atoms with Crippen LogP contribution in [0.1, 0.15) is 32.6 Å². The molecule has 0 radical (unpaired) electrons. The molecule has 0 bridgehead atoms. The summed E-state index contributed by atoms with van der Waals surface area (Å²) < 4.78 is 0. The highest BCUT2D eigenvalue weighted by atomic mass is 16.2. The maximum Gasteiger partial charge on any atom is 0.0431 e. The lowest BCUT2D eigenvalue weighted by Crippen LogP contribution is -2.35. The first-order chi connectivity index (χ1) is 6.68. The molecule has 0 saturated heterocycles. The Hall–Kier alpha value is -0.120. The number of aliphatic hydroxyl groups excluding tert-OH is 1. The van der Waals surface area contributed by atoms with E-state index in [1.54, 1.807) is 0 Å². The maximum absolute atomic E-state index is 8.58. The Kier molecular flexibility index (Phi) is 9.35. The van der Waals surface area contributed by atoms with E-state index in [1.165, 1.54) is 12.8 Å². The van der Waals surface area contributed by atoms with Crippen LogP contribution in [-0.2, 0) is 0 Å². The molecule has 0 amide bonds. The molecule has 14 heavy (non-hydrogen) atoms. The predicted octanol–water partition coefficient (Wildman–Crippen LogP) is 1.08. The first kappa shape index (κ1) is 13.9. The third kappa shape index (κ3) is 8.48. The van der Waals surface area contributed by atoms with Gasteiger partial charge in [0.1, 0.15) is 0 Å². The summed E-state index contributed by atoms with van der Waals surface area (Å²) in [5, 5.41) is 12.0. The van der Waals surface area contributed by atoms with Crippen molar-refractivity contribution < 1.29 is 5.11 Å². The van der Waals surface area contributed by atoms with Crippen LogP contribution in [0.3, 0.4) is 0 Å². The third-order valence-electron chi connectivity index (χ3n) is 2.58. The van der Waals surface area contributed by atoms with Gasteiger partial charge in [0, 0.05) is 19.2 Å². The molecule has 3 nitrogen and oxygen atoms in total. The Balaban J connectivity index is 3.06. The first-order valence-corrected chi connectivity index (χ1v) is 5.66. The van der Waals surface area contributed by atoms with Crippen LogP contribution in [0.2, 0.25) is 0 Å². The van der Waals surface area contributed by atoms with Gasteiger partial charge in [0.25, 0.3) is 0 Å². The molecule has 0 aromatic carbocycles. The summed E-state index contributed by atoms with van der Waals surface area (Å²) in [6, 6.07) is 0.604. The van der Waals surface area contributed by atoms with Crippen molar-refractivity contribution in [2.75, 3.05) is 33.8 Å². The molecule has 0 heterocycles. The minimum absolute atomic E-state index is 0.338. The first-order valence-electron chi connectivity index (χ1n) is 5.66. The van der Waals surface area contributed by atoms with E-state index in [1.807, 2.05) is 0 Å². The SMILES string of the molecule is CC(CNCCCCCCO)N(C)C. The molecule has 0 aliphatic heterocycles. The molecule has 86 valence electrons. The van der Waals surface area contributed by atoms with Crippen molar-refractivity contribution >= 4 is 0 Å². The van der Waals surface area contributed by atoms with E-state index in [0.717, 1.165) is 25.9 Å². The quantitative estimate of drug-likeness (QED) is 0.549. The van der Waals surface area contributed by atoms with Crippen molar-refractivity contribution in [2.45, 2.75) is 38.6 Å². The summed E-state index contributed by atoms with van der Waals surface area (Å²) in [5.41, 5.74) is 0. The monoisotopic (exact) mass is 202 g/mol. The second-order valence-corrected chi connectivity index (χ2v) is 4.15. The Bertz CT molecular complexity index is 118. The van der Waals surface area contributed by atoms with Gasteiger partial charge in [0.2, 0.25) is 0 Å². The molecule has 1 unspecified atom stereocenters. The standard InChI is InChI=1S/C11H26N2O/c1-11(13(2)3)10-12-8-6-4-5-7-9-14/h11-12,14H,4-10H2,1-3H3. The molecule has 0 rings (SSSR count). The van der Waals surface area contributed by atoms with Gasteiger partial charge in [-0.3, -0.25) is 0 Å². The van der Waals surface area contributed by atoms with E-state index in [0.29, 0.717) is 12.6 Å². The van der Waals surface area contributed by atoms with E-state index < -0.39 is 0 Å². The molecule has 1 atom stereocenters. The van der Waals surface area contributed by atoms with Crippen molar-refractivity contribution in [3.05, 3.63) is 0 Å². The number of aliphatic hydroxyl groups is 1. The minimum Gasteiger partial charge on any atom is -0.396 e. The van der Waals surface area contributed by atoms with Gasteiger partial charge in [-0.1, -0.05) is 12.8 Å². The maximum atomic E-state index is 8.58. The van der Waals surface area contributed by atoms with Crippen molar-refractivity contribution in [1.29, 1.82) is 0 Å². The van der Waals surface area contributed by atoms with Gasteiger partial charge >= 0.3 is 0 Å². The van der Waals surface area contributed by atoms with E-state index in [9.17, 15) is 0 Å². The Morgan fingerprint density at radius 2 is 1.79 bits per heavy atom. The molecule has 3 heteroatoms. The third-order valence-corrected chi connectivity index (χ3v) is 2.58. The van der Waals surface area contributed by atoms with Crippen LogP contribution in [0.25, 0.3) is 0 Å². The van der Waals surface area contributed by atoms with Crippen LogP contribution in [0.15, 0.2) is 0 Å². The number of nitrogens with zero attached hydrogens (tertiary/aromatic N) is 1. The summed E-state index contributed by atoms with van der Waals surface area (Å²) in [7, 11) is 4.21. The number of rotatable bonds is 9. The Labute approximate surface area is 88.5 Å². The average molecular weight is 202 g/mol. The molecule has 0 aliphatic rings. The van der Waals surface area contributed by atoms with Gasteiger partial charge in [-0.2, -0.15) is 0 Å². The highest BCUT2D eigenvalue weighted by Gasteiger charge is 2.01. The lowest BCUT2D eigenvalue weighted by molar-refractivity contribution is 0.281. The topological polar surface area (TPSA) is 35.5 Å².